The third-order valence-corrected chi connectivity index (χ3v) is 5.59. The van der Waals surface area contributed by atoms with Gasteiger partial charge in [-0.25, -0.2) is 13.6 Å². The molecular formula is C22H26F2N2O3. The van der Waals surface area contributed by atoms with Crippen LogP contribution in [-0.4, -0.2) is 49.4 Å². The normalized spacial score (nSPS) is 15.9. The summed E-state index contributed by atoms with van der Waals surface area (Å²) < 4.78 is 31.9. The second-order valence-electron chi connectivity index (χ2n) is 7.28. The first-order chi connectivity index (χ1) is 13.9. The zero-order chi connectivity index (χ0) is 20.9. The fourth-order valence-electron chi connectivity index (χ4n) is 3.96. The molecule has 0 atom stereocenters. The summed E-state index contributed by atoms with van der Waals surface area (Å²) in [6.07, 6.45) is 0.943. The van der Waals surface area contributed by atoms with Crippen molar-refractivity contribution in [2.75, 3.05) is 33.3 Å². The zero-order valence-electron chi connectivity index (χ0n) is 16.4. The first-order valence-corrected chi connectivity index (χ1v) is 9.75. The van der Waals surface area contributed by atoms with Gasteiger partial charge in [-0.2, -0.15) is 0 Å². The molecular weight excluding hydrogens is 378 g/mol. The van der Waals surface area contributed by atoms with E-state index in [1.54, 1.807) is 24.3 Å². The van der Waals surface area contributed by atoms with Crippen LogP contribution in [-0.2, 0) is 10.3 Å². The molecule has 0 bridgehead atoms. The minimum atomic E-state index is -1.34. The van der Waals surface area contributed by atoms with Gasteiger partial charge in [0.1, 0.15) is 23.8 Å². The quantitative estimate of drug-likeness (QED) is 0.776. The van der Waals surface area contributed by atoms with Crippen LogP contribution < -0.4 is 5.32 Å². The van der Waals surface area contributed by atoms with Crippen LogP contribution in [0.4, 0.5) is 13.6 Å². The number of ether oxygens (including phenoxy) is 1. The van der Waals surface area contributed by atoms with Crippen LogP contribution >= 0.6 is 0 Å². The summed E-state index contributed by atoms with van der Waals surface area (Å²) in [6, 6.07) is 11.7. The molecule has 1 aliphatic heterocycles. The van der Waals surface area contributed by atoms with Crippen molar-refractivity contribution in [2.24, 2.45) is 5.92 Å². The topological polar surface area (TPSA) is 61.8 Å². The van der Waals surface area contributed by atoms with Gasteiger partial charge in [-0.15, -0.1) is 0 Å². The van der Waals surface area contributed by atoms with Gasteiger partial charge < -0.3 is 15.2 Å². The molecule has 3 rings (SSSR count). The number of halogens is 2. The highest BCUT2D eigenvalue weighted by molar-refractivity contribution is 5.66. The molecule has 0 spiro atoms. The smallest absolute Gasteiger partial charge is 0.406 e. The summed E-state index contributed by atoms with van der Waals surface area (Å²) in [5.41, 5.74) is -0.162. The maximum Gasteiger partial charge on any atom is 0.406 e. The van der Waals surface area contributed by atoms with Gasteiger partial charge in [0.05, 0.1) is 0 Å². The minimum Gasteiger partial charge on any atom is -0.448 e. The fraction of sp³-hybridized carbons (Fsp3) is 0.409. The van der Waals surface area contributed by atoms with Crippen molar-refractivity contribution < 1.29 is 23.4 Å². The summed E-state index contributed by atoms with van der Waals surface area (Å²) in [4.78, 5) is 13.3. The summed E-state index contributed by atoms with van der Waals surface area (Å²) in [7, 11) is 1.51. The predicted molar refractivity (Wildman–Crippen MR) is 105 cm³/mol. The van der Waals surface area contributed by atoms with E-state index in [1.165, 1.54) is 31.3 Å². The van der Waals surface area contributed by atoms with Gasteiger partial charge in [0.2, 0.25) is 0 Å². The van der Waals surface area contributed by atoms with E-state index in [-0.39, 0.29) is 17.6 Å². The molecule has 2 aromatic rings. The van der Waals surface area contributed by atoms with Gasteiger partial charge in [0, 0.05) is 13.6 Å². The Morgan fingerprint density at radius 1 is 1.07 bits per heavy atom. The number of aliphatic hydroxyl groups is 1. The molecule has 29 heavy (non-hydrogen) atoms. The van der Waals surface area contributed by atoms with E-state index in [9.17, 15) is 18.7 Å². The molecule has 2 N–H and O–H groups in total. The first-order valence-electron chi connectivity index (χ1n) is 9.75. The molecule has 7 heteroatoms. The van der Waals surface area contributed by atoms with Crippen molar-refractivity contribution in [2.45, 2.75) is 18.4 Å². The van der Waals surface area contributed by atoms with Crippen LogP contribution in [0.5, 0.6) is 0 Å². The lowest BCUT2D eigenvalue weighted by atomic mass is 9.72. The number of piperidine rings is 1. The van der Waals surface area contributed by atoms with Crippen molar-refractivity contribution in [1.82, 2.24) is 10.2 Å². The molecule has 2 aromatic carbocycles. The van der Waals surface area contributed by atoms with Crippen LogP contribution in [0, 0.1) is 17.6 Å². The standard InChI is InChI=1S/C22H26F2N2O3/c1-25-21(27)29-15-14-26-12-10-18(11-13-26)22(28,16-2-6-19(23)7-3-16)17-4-8-20(24)9-5-17/h2-9,18,28H,10-15H2,1H3,(H,25,27). The Labute approximate surface area is 169 Å². The lowest BCUT2D eigenvalue weighted by Gasteiger charge is -2.42. The molecule has 156 valence electrons. The molecule has 0 aromatic heterocycles. The van der Waals surface area contributed by atoms with E-state index in [0.717, 1.165) is 13.1 Å². The number of nitrogens with one attached hydrogen (secondary N) is 1. The van der Waals surface area contributed by atoms with Gasteiger partial charge >= 0.3 is 6.09 Å². The van der Waals surface area contributed by atoms with E-state index in [4.69, 9.17) is 4.74 Å². The molecule has 1 aliphatic rings. The Bertz CT molecular complexity index is 758. The Kier molecular flexibility index (Phi) is 6.82. The number of rotatable bonds is 6. The van der Waals surface area contributed by atoms with E-state index >= 15 is 0 Å². The van der Waals surface area contributed by atoms with Crippen molar-refractivity contribution in [3.05, 3.63) is 71.3 Å². The minimum absolute atomic E-state index is 0.116. The number of carbonyl (C=O) groups is 1. The van der Waals surface area contributed by atoms with Crippen molar-refractivity contribution in [1.29, 1.82) is 0 Å². The summed E-state index contributed by atoms with van der Waals surface area (Å²) in [6.45, 7) is 2.37. The highest BCUT2D eigenvalue weighted by atomic mass is 19.1. The van der Waals surface area contributed by atoms with Crippen molar-refractivity contribution in [3.8, 4) is 0 Å². The molecule has 0 unspecified atom stereocenters. The number of benzene rings is 2. The van der Waals surface area contributed by atoms with E-state index in [1.807, 2.05) is 0 Å². The number of likely N-dealkylation sites (tertiary alicyclic amines) is 1. The molecule has 1 saturated heterocycles. The molecule has 5 nitrogen and oxygen atoms in total. The number of hydrogen-bond acceptors (Lipinski definition) is 4. The van der Waals surface area contributed by atoms with Gasteiger partial charge in [-0.1, -0.05) is 24.3 Å². The molecule has 1 fully saturated rings. The lowest BCUT2D eigenvalue weighted by molar-refractivity contribution is -0.0161. The van der Waals surface area contributed by atoms with Gasteiger partial charge in [0.25, 0.3) is 0 Å². The highest BCUT2D eigenvalue weighted by Crippen LogP contribution is 2.42. The summed E-state index contributed by atoms with van der Waals surface area (Å²) in [5.74, 6) is -0.864. The number of alkyl carbamates (subject to hydrolysis) is 1. The summed E-state index contributed by atoms with van der Waals surface area (Å²) in [5, 5.41) is 14.2. The van der Waals surface area contributed by atoms with Crippen LogP contribution in [0.3, 0.4) is 0 Å². The van der Waals surface area contributed by atoms with Gasteiger partial charge in [-0.05, 0) is 67.2 Å². The number of carbonyl (C=O) groups excluding carboxylic acids is 1. The van der Waals surface area contributed by atoms with Crippen molar-refractivity contribution >= 4 is 6.09 Å². The Balaban J connectivity index is 1.75. The number of hydrogen-bond donors (Lipinski definition) is 2. The van der Waals surface area contributed by atoms with Crippen LogP contribution in [0.2, 0.25) is 0 Å². The van der Waals surface area contributed by atoms with Crippen LogP contribution in [0.25, 0.3) is 0 Å². The molecule has 0 radical (unpaired) electrons. The molecule has 0 saturated carbocycles. The van der Waals surface area contributed by atoms with Crippen LogP contribution in [0.1, 0.15) is 24.0 Å². The number of nitrogens with zero attached hydrogens (tertiary/aromatic N) is 1. The Morgan fingerprint density at radius 2 is 1.55 bits per heavy atom. The Hall–Kier alpha value is -2.51. The molecule has 1 heterocycles. The Morgan fingerprint density at radius 3 is 2.00 bits per heavy atom. The van der Waals surface area contributed by atoms with E-state index in [0.29, 0.717) is 37.1 Å². The SMILES string of the molecule is CNC(=O)OCCN1CCC(C(O)(c2ccc(F)cc2)c2ccc(F)cc2)CC1. The average Bonchev–Trinajstić information content (AvgIpc) is 2.74. The summed E-state index contributed by atoms with van der Waals surface area (Å²) >= 11 is 0. The van der Waals surface area contributed by atoms with E-state index in [2.05, 4.69) is 10.2 Å². The number of amides is 1. The second-order valence-corrected chi connectivity index (χ2v) is 7.28. The van der Waals surface area contributed by atoms with Gasteiger partial charge in [0.15, 0.2) is 0 Å². The monoisotopic (exact) mass is 404 g/mol. The zero-order valence-corrected chi connectivity index (χ0v) is 16.4. The van der Waals surface area contributed by atoms with E-state index < -0.39 is 11.7 Å². The molecule has 1 amide bonds. The second kappa shape index (κ2) is 9.33. The maximum absolute atomic E-state index is 13.4. The largest absolute Gasteiger partial charge is 0.448 e. The highest BCUT2D eigenvalue weighted by Gasteiger charge is 2.41. The predicted octanol–water partition coefficient (Wildman–Crippen LogP) is 3.27. The molecule has 0 aliphatic carbocycles. The van der Waals surface area contributed by atoms with Gasteiger partial charge in [-0.3, -0.25) is 4.90 Å². The van der Waals surface area contributed by atoms with Crippen molar-refractivity contribution in [3.63, 3.8) is 0 Å². The third-order valence-electron chi connectivity index (χ3n) is 5.59. The maximum atomic E-state index is 13.4. The first kappa shape index (κ1) is 21.2. The lowest BCUT2D eigenvalue weighted by Crippen LogP contribution is -2.45. The average molecular weight is 404 g/mol. The fourth-order valence-corrected chi connectivity index (χ4v) is 3.96. The third kappa shape index (κ3) is 4.92. The van der Waals surface area contributed by atoms with Crippen LogP contribution in [0.15, 0.2) is 48.5 Å².